The molecule has 1 saturated heterocycles. The standard InChI is InChI=1S/C25H36N2O10/c1-19-17-23(29)27(24(19)30)8-10-34-12-14-36-16-15-35-13-11-33-9-7-22(28)26-21-5-3-20(4-6-21)18-37-25(31)32-2/h3-6,19H,7-18H2,1-2H3,(H,26,28). The largest absolute Gasteiger partial charge is 0.508 e. The summed E-state index contributed by atoms with van der Waals surface area (Å²) < 4.78 is 30.9. The maximum absolute atomic E-state index is 12.0. The maximum atomic E-state index is 12.0. The number of benzene rings is 1. The first-order valence-corrected chi connectivity index (χ1v) is 12.2. The lowest BCUT2D eigenvalue weighted by molar-refractivity contribution is -0.140. The van der Waals surface area contributed by atoms with Crippen LogP contribution in [0.15, 0.2) is 24.3 Å². The molecule has 0 radical (unpaired) electrons. The van der Waals surface area contributed by atoms with Crippen LogP contribution in [0.4, 0.5) is 10.5 Å². The molecular formula is C25H36N2O10. The van der Waals surface area contributed by atoms with Crippen LogP contribution in [-0.2, 0) is 49.4 Å². The van der Waals surface area contributed by atoms with E-state index in [4.69, 9.17) is 23.7 Å². The molecule has 0 aromatic heterocycles. The van der Waals surface area contributed by atoms with Crippen LogP contribution in [-0.4, -0.2) is 95.3 Å². The fourth-order valence-electron chi connectivity index (χ4n) is 3.27. The summed E-state index contributed by atoms with van der Waals surface area (Å²) >= 11 is 0. The summed E-state index contributed by atoms with van der Waals surface area (Å²) in [4.78, 5) is 47.7. The Bertz CT molecular complexity index is 862. The van der Waals surface area contributed by atoms with Gasteiger partial charge in [0.2, 0.25) is 17.7 Å². The molecule has 3 amide bonds. The minimum Gasteiger partial charge on any atom is -0.438 e. The predicted octanol–water partition coefficient (Wildman–Crippen LogP) is 1.76. The second kappa shape index (κ2) is 17.4. The Hall–Kier alpha value is -3.06. The zero-order valence-electron chi connectivity index (χ0n) is 21.4. The van der Waals surface area contributed by atoms with Crippen molar-refractivity contribution in [1.29, 1.82) is 0 Å². The number of carbonyl (C=O) groups excluding carboxylic acids is 4. The van der Waals surface area contributed by atoms with Gasteiger partial charge in [-0.3, -0.25) is 19.3 Å². The third-order valence-corrected chi connectivity index (χ3v) is 5.28. The Labute approximate surface area is 216 Å². The molecule has 12 nitrogen and oxygen atoms in total. The number of imide groups is 1. The molecule has 1 N–H and O–H groups in total. The Morgan fingerprint density at radius 3 is 2.00 bits per heavy atom. The van der Waals surface area contributed by atoms with Crippen LogP contribution >= 0.6 is 0 Å². The molecule has 12 heteroatoms. The minimum absolute atomic E-state index is 0.0872. The van der Waals surface area contributed by atoms with Gasteiger partial charge in [-0.05, 0) is 17.7 Å². The van der Waals surface area contributed by atoms with E-state index < -0.39 is 6.16 Å². The van der Waals surface area contributed by atoms with Crippen molar-refractivity contribution in [2.24, 2.45) is 5.92 Å². The highest BCUT2D eigenvalue weighted by Gasteiger charge is 2.34. The van der Waals surface area contributed by atoms with Gasteiger partial charge in [0.1, 0.15) is 6.61 Å². The minimum atomic E-state index is -0.753. The van der Waals surface area contributed by atoms with Crippen LogP contribution < -0.4 is 5.32 Å². The summed E-state index contributed by atoms with van der Waals surface area (Å²) in [7, 11) is 1.24. The summed E-state index contributed by atoms with van der Waals surface area (Å²) in [6.45, 7) is 4.96. The lowest BCUT2D eigenvalue weighted by Crippen LogP contribution is -2.33. The number of hydrogen-bond donors (Lipinski definition) is 1. The van der Waals surface area contributed by atoms with E-state index in [-0.39, 0.29) is 56.2 Å². The summed E-state index contributed by atoms with van der Waals surface area (Å²) in [5.41, 5.74) is 1.40. The Kier molecular flexibility index (Phi) is 14.2. The highest BCUT2D eigenvalue weighted by atomic mass is 16.7. The van der Waals surface area contributed by atoms with Gasteiger partial charge in [0.05, 0.1) is 72.9 Å². The number of nitrogens with one attached hydrogen (secondary N) is 1. The zero-order valence-corrected chi connectivity index (χ0v) is 21.4. The van der Waals surface area contributed by atoms with E-state index in [0.717, 1.165) is 5.56 Å². The topological polar surface area (TPSA) is 139 Å². The van der Waals surface area contributed by atoms with Crippen molar-refractivity contribution in [1.82, 2.24) is 4.90 Å². The molecule has 0 bridgehead atoms. The average molecular weight is 525 g/mol. The van der Waals surface area contributed by atoms with Crippen molar-refractivity contribution in [3.05, 3.63) is 29.8 Å². The number of ether oxygens (including phenoxy) is 6. The smallest absolute Gasteiger partial charge is 0.438 e. The van der Waals surface area contributed by atoms with Gasteiger partial charge < -0.3 is 33.7 Å². The first kappa shape index (κ1) is 30.2. The van der Waals surface area contributed by atoms with Crippen LogP contribution in [0.2, 0.25) is 0 Å². The summed E-state index contributed by atoms with van der Waals surface area (Å²) in [6.07, 6.45) is -0.274. The quantitative estimate of drug-likeness (QED) is 0.172. The van der Waals surface area contributed by atoms with Crippen LogP contribution in [0.5, 0.6) is 0 Å². The first-order valence-electron chi connectivity index (χ1n) is 12.2. The highest BCUT2D eigenvalue weighted by molar-refractivity contribution is 6.03. The monoisotopic (exact) mass is 524 g/mol. The third kappa shape index (κ3) is 12.2. The SMILES string of the molecule is COC(=O)OCc1ccc(NC(=O)CCOCCOCCOCCOCCN2C(=O)CC(C)C2=O)cc1. The van der Waals surface area contributed by atoms with Gasteiger partial charge in [0.25, 0.3) is 0 Å². The van der Waals surface area contributed by atoms with E-state index >= 15 is 0 Å². The summed E-state index contributed by atoms with van der Waals surface area (Å²) in [5, 5.41) is 2.77. The van der Waals surface area contributed by atoms with Crippen molar-refractivity contribution >= 4 is 29.6 Å². The van der Waals surface area contributed by atoms with E-state index in [2.05, 4.69) is 10.1 Å². The van der Waals surface area contributed by atoms with E-state index in [9.17, 15) is 19.2 Å². The Morgan fingerprint density at radius 2 is 1.46 bits per heavy atom. The van der Waals surface area contributed by atoms with Gasteiger partial charge in [0, 0.05) is 18.0 Å². The molecular weight excluding hydrogens is 488 g/mol. The van der Waals surface area contributed by atoms with Crippen molar-refractivity contribution in [2.75, 3.05) is 71.8 Å². The molecule has 1 atom stereocenters. The van der Waals surface area contributed by atoms with Crippen LogP contribution in [0.3, 0.4) is 0 Å². The summed E-state index contributed by atoms with van der Waals surface area (Å²) in [6, 6.07) is 6.92. The van der Waals surface area contributed by atoms with Crippen molar-refractivity contribution in [2.45, 2.75) is 26.4 Å². The predicted molar refractivity (Wildman–Crippen MR) is 131 cm³/mol. The van der Waals surface area contributed by atoms with E-state index in [1.165, 1.54) is 12.0 Å². The maximum Gasteiger partial charge on any atom is 0.508 e. The fourth-order valence-corrected chi connectivity index (χ4v) is 3.27. The van der Waals surface area contributed by atoms with Crippen LogP contribution in [0.25, 0.3) is 0 Å². The molecule has 0 spiro atoms. The molecule has 1 heterocycles. The number of anilines is 1. The van der Waals surface area contributed by atoms with Gasteiger partial charge in [-0.2, -0.15) is 0 Å². The second-order valence-corrected chi connectivity index (χ2v) is 8.18. The molecule has 206 valence electrons. The molecule has 1 aromatic rings. The van der Waals surface area contributed by atoms with Gasteiger partial charge in [-0.25, -0.2) is 4.79 Å². The number of methoxy groups -OCH3 is 1. The number of rotatable bonds is 18. The molecule has 1 unspecified atom stereocenters. The number of hydrogen-bond acceptors (Lipinski definition) is 10. The lowest BCUT2D eigenvalue weighted by Gasteiger charge is -2.14. The van der Waals surface area contributed by atoms with Crippen LogP contribution in [0.1, 0.15) is 25.3 Å². The van der Waals surface area contributed by atoms with Gasteiger partial charge in [0.15, 0.2) is 0 Å². The second-order valence-electron chi connectivity index (χ2n) is 8.18. The van der Waals surface area contributed by atoms with Crippen molar-refractivity contribution in [3.8, 4) is 0 Å². The highest BCUT2D eigenvalue weighted by Crippen LogP contribution is 2.18. The van der Waals surface area contributed by atoms with E-state index in [1.807, 2.05) is 0 Å². The number of nitrogens with zero attached hydrogens (tertiary/aromatic N) is 1. The normalized spacial score (nSPS) is 15.2. The fraction of sp³-hybridized carbons (Fsp3) is 0.600. The number of likely N-dealkylation sites (tertiary alicyclic amines) is 1. The lowest BCUT2D eigenvalue weighted by atomic mass is 10.1. The van der Waals surface area contributed by atoms with Gasteiger partial charge in [-0.15, -0.1) is 0 Å². The first-order chi connectivity index (χ1) is 17.9. The molecule has 1 aromatic carbocycles. The third-order valence-electron chi connectivity index (χ3n) is 5.28. The van der Waals surface area contributed by atoms with Gasteiger partial charge >= 0.3 is 6.16 Å². The Morgan fingerprint density at radius 1 is 0.892 bits per heavy atom. The summed E-state index contributed by atoms with van der Waals surface area (Å²) in [5.74, 6) is -0.695. The van der Waals surface area contributed by atoms with Crippen LogP contribution in [0, 0.1) is 5.92 Å². The molecule has 1 aliphatic heterocycles. The molecule has 0 saturated carbocycles. The van der Waals surface area contributed by atoms with Crippen molar-refractivity contribution < 1.29 is 47.6 Å². The number of amides is 3. The van der Waals surface area contributed by atoms with Gasteiger partial charge in [-0.1, -0.05) is 19.1 Å². The molecule has 37 heavy (non-hydrogen) atoms. The average Bonchev–Trinajstić information content (AvgIpc) is 3.13. The zero-order chi connectivity index (χ0) is 26.9. The van der Waals surface area contributed by atoms with Crippen molar-refractivity contribution in [3.63, 3.8) is 0 Å². The molecule has 1 fully saturated rings. The Balaban J connectivity index is 1.36. The molecule has 0 aliphatic carbocycles. The number of carbonyl (C=O) groups is 4. The molecule has 1 aliphatic rings. The van der Waals surface area contributed by atoms with E-state index in [0.29, 0.717) is 51.9 Å². The van der Waals surface area contributed by atoms with E-state index in [1.54, 1.807) is 31.2 Å². The molecule has 2 rings (SSSR count).